The molecule has 7 heteroatoms. The minimum absolute atomic E-state index is 0.217. The number of hydrogen-bond donors (Lipinski definition) is 1. The Hall–Kier alpha value is -2.28. The summed E-state index contributed by atoms with van der Waals surface area (Å²) >= 11 is 1.67. The van der Waals surface area contributed by atoms with Crippen molar-refractivity contribution in [2.24, 2.45) is 5.92 Å². The van der Waals surface area contributed by atoms with Crippen molar-refractivity contribution in [1.82, 2.24) is 10.2 Å². The summed E-state index contributed by atoms with van der Waals surface area (Å²) in [5.74, 6) is -3.26. The maximum atomic E-state index is 13.8. The van der Waals surface area contributed by atoms with Gasteiger partial charge in [0.1, 0.15) is 23.2 Å². The van der Waals surface area contributed by atoms with E-state index in [4.69, 9.17) is 0 Å². The average Bonchev–Trinajstić information content (AvgIpc) is 3.06. The second-order valence-electron chi connectivity index (χ2n) is 6.67. The molecule has 0 bridgehead atoms. The van der Waals surface area contributed by atoms with Crippen LogP contribution in [0.3, 0.4) is 0 Å². The topological polar surface area (TPSA) is 49.4 Å². The molecule has 0 radical (unpaired) electrons. The van der Waals surface area contributed by atoms with Crippen molar-refractivity contribution in [3.8, 4) is 0 Å². The quantitative estimate of drug-likeness (QED) is 0.887. The van der Waals surface area contributed by atoms with E-state index in [0.717, 1.165) is 24.1 Å². The van der Waals surface area contributed by atoms with E-state index in [1.54, 1.807) is 30.1 Å². The highest BCUT2D eigenvalue weighted by Crippen LogP contribution is 2.25. The SMILES string of the molecule is CC(C)[C@H](NC(=O)c1c(F)cccc1F)C(=O)N1CCc2sccc2C1. The first-order valence-electron chi connectivity index (χ1n) is 8.47. The maximum absolute atomic E-state index is 13.8. The van der Waals surface area contributed by atoms with E-state index in [1.165, 1.54) is 10.9 Å². The van der Waals surface area contributed by atoms with Crippen LogP contribution in [0.4, 0.5) is 8.78 Å². The molecular weight excluding hydrogens is 358 g/mol. The minimum Gasteiger partial charge on any atom is -0.340 e. The molecule has 0 aliphatic carbocycles. The van der Waals surface area contributed by atoms with Crippen molar-refractivity contribution in [2.75, 3.05) is 6.54 Å². The highest BCUT2D eigenvalue weighted by molar-refractivity contribution is 7.10. The zero-order chi connectivity index (χ0) is 18.8. The smallest absolute Gasteiger partial charge is 0.257 e. The fraction of sp³-hybridized carbons (Fsp3) is 0.368. The summed E-state index contributed by atoms with van der Waals surface area (Å²) in [6.45, 7) is 4.64. The van der Waals surface area contributed by atoms with E-state index >= 15 is 0 Å². The van der Waals surface area contributed by atoms with Crippen molar-refractivity contribution in [1.29, 1.82) is 0 Å². The van der Waals surface area contributed by atoms with Gasteiger partial charge in [0, 0.05) is 18.0 Å². The number of rotatable bonds is 4. The zero-order valence-electron chi connectivity index (χ0n) is 14.6. The second-order valence-corrected chi connectivity index (χ2v) is 7.67. The fourth-order valence-corrected chi connectivity index (χ4v) is 3.96. The molecule has 3 rings (SSSR count). The van der Waals surface area contributed by atoms with Crippen molar-refractivity contribution in [2.45, 2.75) is 32.9 Å². The van der Waals surface area contributed by atoms with Crippen LogP contribution in [0.25, 0.3) is 0 Å². The molecule has 1 aromatic carbocycles. The number of nitrogens with one attached hydrogen (secondary N) is 1. The molecule has 26 heavy (non-hydrogen) atoms. The van der Waals surface area contributed by atoms with Crippen molar-refractivity contribution in [3.05, 3.63) is 57.3 Å². The molecule has 0 spiro atoms. The maximum Gasteiger partial charge on any atom is 0.257 e. The van der Waals surface area contributed by atoms with E-state index in [-0.39, 0.29) is 11.8 Å². The highest BCUT2D eigenvalue weighted by Gasteiger charge is 2.32. The van der Waals surface area contributed by atoms with Gasteiger partial charge in [-0.25, -0.2) is 8.78 Å². The van der Waals surface area contributed by atoms with E-state index in [2.05, 4.69) is 5.32 Å². The number of carbonyl (C=O) groups excluding carboxylic acids is 2. The third-order valence-electron chi connectivity index (χ3n) is 4.53. The van der Waals surface area contributed by atoms with E-state index in [9.17, 15) is 18.4 Å². The normalized spacial score (nSPS) is 14.9. The van der Waals surface area contributed by atoms with Gasteiger partial charge in [0.2, 0.25) is 5.91 Å². The van der Waals surface area contributed by atoms with Crippen LogP contribution in [0.1, 0.15) is 34.6 Å². The predicted molar refractivity (Wildman–Crippen MR) is 95.9 cm³/mol. The third kappa shape index (κ3) is 3.62. The van der Waals surface area contributed by atoms with Gasteiger partial charge in [-0.15, -0.1) is 11.3 Å². The summed E-state index contributed by atoms with van der Waals surface area (Å²) in [6.07, 6.45) is 0.777. The molecule has 1 aliphatic rings. The van der Waals surface area contributed by atoms with Crippen LogP contribution in [0, 0.1) is 17.6 Å². The van der Waals surface area contributed by atoms with Gasteiger partial charge in [-0.2, -0.15) is 0 Å². The monoisotopic (exact) mass is 378 g/mol. The average molecular weight is 378 g/mol. The third-order valence-corrected chi connectivity index (χ3v) is 5.55. The van der Waals surface area contributed by atoms with Crippen molar-refractivity contribution in [3.63, 3.8) is 0 Å². The number of benzene rings is 1. The molecule has 0 saturated carbocycles. The van der Waals surface area contributed by atoms with Crippen LogP contribution >= 0.6 is 11.3 Å². The molecule has 4 nitrogen and oxygen atoms in total. The van der Waals surface area contributed by atoms with Crippen molar-refractivity contribution >= 4 is 23.2 Å². The lowest BCUT2D eigenvalue weighted by Gasteiger charge is -2.32. The first kappa shape index (κ1) is 18.5. The Labute approximate surface area is 154 Å². The molecule has 1 aromatic heterocycles. The van der Waals surface area contributed by atoms with Gasteiger partial charge in [-0.1, -0.05) is 19.9 Å². The molecular formula is C19H20F2N2O2S. The van der Waals surface area contributed by atoms with Gasteiger partial charge in [-0.3, -0.25) is 9.59 Å². The number of carbonyl (C=O) groups is 2. The summed E-state index contributed by atoms with van der Waals surface area (Å²) in [7, 11) is 0. The standard InChI is InChI=1S/C19H20F2N2O2S/c1-11(2)17(22-18(24)16-13(20)4-3-5-14(16)21)19(25)23-8-6-15-12(10-23)7-9-26-15/h3-5,7,9,11,17H,6,8,10H2,1-2H3,(H,22,24)/t17-/m0/s1. The molecule has 0 fully saturated rings. The molecule has 138 valence electrons. The number of fused-ring (bicyclic) bond motifs is 1. The van der Waals surface area contributed by atoms with Crippen LogP contribution in [0.15, 0.2) is 29.6 Å². The van der Waals surface area contributed by atoms with Crippen LogP contribution in [0.2, 0.25) is 0 Å². The summed E-state index contributed by atoms with van der Waals surface area (Å²) in [4.78, 5) is 28.3. The Balaban J connectivity index is 1.77. The number of nitrogens with zero attached hydrogens (tertiary/aromatic N) is 1. The lowest BCUT2D eigenvalue weighted by Crippen LogP contribution is -2.52. The zero-order valence-corrected chi connectivity index (χ0v) is 15.4. The van der Waals surface area contributed by atoms with Gasteiger partial charge in [-0.05, 0) is 41.5 Å². The Morgan fingerprint density at radius 3 is 2.54 bits per heavy atom. The van der Waals surface area contributed by atoms with Gasteiger partial charge in [0.25, 0.3) is 5.91 Å². The van der Waals surface area contributed by atoms with Gasteiger partial charge in [0.05, 0.1) is 0 Å². The Morgan fingerprint density at radius 2 is 1.88 bits per heavy atom. The molecule has 0 unspecified atom stereocenters. The summed E-state index contributed by atoms with van der Waals surface area (Å²) in [6, 6.07) is 4.39. The summed E-state index contributed by atoms with van der Waals surface area (Å²) in [5.41, 5.74) is 0.452. The minimum atomic E-state index is -0.946. The molecule has 1 N–H and O–H groups in total. The number of amides is 2. The molecule has 2 amide bonds. The second kappa shape index (κ2) is 7.53. The first-order chi connectivity index (χ1) is 12.4. The van der Waals surface area contributed by atoms with Gasteiger partial charge in [0.15, 0.2) is 0 Å². The number of thiophene rings is 1. The first-order valence-corrected chi connectivity index (χ1v) is 9.35. The van der Waals surface area contributed by atoms with E-state index in [0.29, 0.717) is 13.1 Å². The molecule has 2 heterocycles. The number of halogens is 2. The Kier molecular flexibility index (Phi) is 5.36. The van der Waals surface area contributed by atoms with E-state index in [1.807, 2.05) is 11.4 Å². The molecule has 2 aromatic rings. The Morgan fingerprint density at radius 1 is 1.19 bits per heavy atom. The highest BCUT2D eigenvalue weighted by atomic mass is 32.1. The predicted octanol–water partition coefficient (Wildman–Crippen LogP) is 3.37. The van der Waals surface area contributed by atoms with Crippen LogP contribution in [-0.4, -0.2) is 29.3 Å². The molecule has 1 aliphatic heterocycles. The van der Waals surface area contributed by atoms with Crippen LogP contribution in [0.5, 0.6) is 0 Å². The van der Waals surface area contributed by atoms with Gasteiger partial charge >= 0.3 is 0 Å². The lowest BCUT2D eigenvalue weighted by molar-refractivity contribution is -0.135. The summed E-state index contributed by atoms with van der Waals surface area (Å²) in [5, 5.41) is 4.52. The van der Waals surface area contributed by atoms with Crippen LogP contribution < -0.4 is 5.32 Å². The van der Waals surface area contributed by atoms with Gasteiger partial charge < -0.3 is 10.2 Å². The fourth-order valence-electron chi connectivity index (χ4n) is 3.07. The van der Waals surface area contributed by atoms with E-state index < -0.39 is 29.1 Å². The van der Waals surface area contributed by atoms with Crippen molar-refractivity contribution < 1.29 is 18.4 Å². The largest absolute Gasteiger partial charge is 0.340 e. The molecule has 1 atom stereocenters. The molecule has 0 saturated heterocycles. The Bertz CT molecular complexity index is 814. The number of hydrogen-bond acceptors (Lipinski definition) is 3. The van der Waals surface area contributed by atoms with Crippen LogP contribution in [-0.2, 0) is 17.8 Å². The summed E-state index contributed by atoms with van der Waals surface area (Å²) < 4.78 is 27.7. The lowest BCUT2D eigenvalue weighted by atomic mass is 10.00.